The van der Waals surface area contributed by atoms with Crippen molar-refractivity contribution in [2.24, 2.45) is 0 Å². The molecule has 0 fully saturated rings. The number of hydrogen-bond acceptors (Lipinski definition) is 0. The fourth-order valence-electron chi connectivity index (χ4n) is 9.89. The standard InChI is InChI=1S/C43H47FN2/c1-8-11-12-28-15-17-33-37-30(28)20-22-46-41(37)38-31(16-18-34(44)40(38)42(33,6)7)39(43(46,9-2)10-3)36-25-29-14-13-26(4)23-32(29)35-24-27(5)19-21-45(35)36/h13-24,36,39H,8-12,25H2,1-7H3/q+2. The molecule has 1 aliphatic carbocycles. The van der Waals surface area contributed by atoms with Crippen LogP contribution in [0.3, 0.4) is 0 Å². The Morgan fingerprint density at radius 1 is 0.870 bits per heavy atom. The van der Waals surface area contributed by atoms with E-state index in [0.29, 0.717) is 0 Å². The highest BCUT2D eigenvalue weighted by Gasteiger charge is 2.60. The maximum absolute atomic E-state index is 16.5. The summed E-state index contributed by atoms with van der Waals surface area (Å²) < 4.78 is 21.7. The molecule has 0 bridgehead atoms. The number of benzene rings is 3. The zero-order valence-electron chi connectivity index (χ0n) is 28.6. The number of pyridine rings is 2. The van der Waals surface area contributed by atoms with E-state index in [1.807, 2.05) is 0 Å². The van der Waals surface area contributed by atoms with Gasteiger partial charge in [0.1, 0.15) is 11.7 Å². The monoisotopic (exact) mass is 610 g/mol. The molecule has 0 saturated heterocycles. The Labute approximate surface area is 273 Å². The SMILES string of the molecule is CCCCc1ccc2c3c4[n+](ccc13)C(CC)(CC)C(C1Cc3ccc(C)cc3-c3cc(C)cc[n+]31)c1ccc(F)c(c1-4)C2(C)C. The van der Waals surface area contributed by atoms with E-state index in [2.05, 4.69) is 125 Å². The molecule has 0 saturated carbocycles. The van der Waals surface area contributed by atoms with Crippen LogP contribution in [-0.2, 0) is 23.8 Å². The molecule has 8 rings (SSSR count). The van der Waals surface area contributed by atoms with E-state index in [0.717, 1.165) is 36.8 Å². The number of rotatable bonds is 6. The Morgan fingerprint density at radius 3 is 2.41 bits per heavy atom. The van der Waals surface area contributed by atoms with E-state index >= 15 is 4.39 Å². The van der Waals surface area contributed by atoms with Crippen LogP contribution in [0, 0.1) is 19.7 Å². The number of nitrogens with zero attached hydrogens (tertiary/aromatic N) is 2. The Balaban J connectivity index is 1.48. The minimum absolute atomic E-state index is 0.0830. The van der Waals surface area contributed by atoms with E-state index in [1.54, 1.807) is 6.07 Å². The topological polar surface area (TPSA) is 7.76 Å². The lowest BCUT2D eigenvalue weighted by molar-refractivity contribution is -0.785. The smallest absolute Gasteiger partial charge is 0.207 e. The van der Waals surface area contributed by atoms with Crippen molar-refractivity contribution >= 4 is 10.8 Å². The van der Waals surface area contributed by atoms with Crippen LogP contribution in [0.2, 0.25) is 0 Å². The predicted octanol–water partition coefficient (Wildman–Crippen LogP) is 9.90. The Morgan fingerprint density at radius 2 is 1.65 bits per heavy atom. The summed E-state index contributed by atoms with van der Waals surface area (Å²) in [6, 6.07) is 22.8. The fourth-order valence-corrected chi connectivity index (χ4v) is 9.89. The second-order valence-electron chi connectivity index (χ2n) is 14.9. The second-order valence-corrected chi connectivity index (χ2v) is 14.9. The highest BCUT2D eigenvalue weighted by atomic mass is 19.1. The number of halogens is 1. The lowest BCUT2D eigenvalue weighted by Crippen LogP contribution is -2.66. The summed E-state index contributed by atoms with van der Waals surface area (Å²) in [5, 5.41) is 2.70. The van der Waals surface area contributed by atoms with Crippen LogP contribution in [0.5, 0.6) is 0 Å². The summed E-state index contributed by atoms with van der Waals surface area (Å²) in [6.07, 6.45) is 11.1. The molecular weight excluding hydrogens is 563 g/mol. The fraction of sp³-hybridized carbons (Fsp3) is 0.395. The first-order valence-corrected chi connectivity index (χ1v) is 17.6. The van der Waals surface area contributed by atoms with Gasteiger partial charge in [0.05, 0.1) is 10.9 Å². The van der Waals surface area contributed by atoms with Gasteiger partial charge in [0, 0.05) is 54.0 Å². The van der Waals surface area contributed by atoms with E-state index in [4.69, 9.17) is 0 Å². The quantitative estimate of drug-likeness (QED) is 0.169. The molecule has 4 heterocycles. The van der Waals surface area contributed by atoms with E-state index in [9.17, 15) is 0 Å². The molecule has 0 radical (unpaired) electrons. The Hall–Kier alpha value is -3.85. The molecule has 2 unspecified atom stereocenters. The molecule has 2 nitrogen and oxygen atoms in total. The second kappa shape index (κ2) is 10.3. The highest BCUT2D eigenvalue weighted by Crippen LogP contribution is 2.58. The van der Waals surface area contributed by atoms with Crippen molar-refractivity contribution in [1.82, 2.24) is 0 Å². The van der Waals surface area contributed by atoms with Gasteiger partial charge in [-0.25, -0.2) is 4.39 Å². The Bertz CT molecular complexity index is 2060. The van der Waals surface area contributed by atoms with Crippen molar-refractivity contribution in [1.29, 1.82) is 0 Å². The molecule has 2 aliphatic heterocycles. The Kier molecular flexibility index (Phi) is 6.63. The summed E-state index contributed by atoms with van der Waals surface area (Å²) >= 11 is 0. The minimum atomic E-state index is -0.453. The zero-order valence-corrected chi connectivity index (χ0v) is 28.6. The summed E-state index contributed by atoms with van der Waals surface area (Å²) in [5.74, 6) is 0.0775. The van der Waals surface area contributed by atoms with Gasteiger partial charge < -0.3 is 0 Å². The lowest BCUT2D eigenvalue weighted by Gasteiger charge is -2.46. The molecule has 0 N–H and O–H groups in total. The van der Waals surface area contributed by atoms with Crippen molar-refractivity contribution < 1.29 is 13.5 Å². The summed E-state index contributed by atoms with van der Waals surface area (Å²) in [7, 11) is 0. The van der Waals surface area contributed by atoms with Crippen LogP contribution in [0.25, 0.3) is 33.3 Å². The molecule has 3 aromatic carbocycles. The average Bonchev–Trinajstić information content (AvgIpc) is 3.05. The normalized spacial score (nSPS) is 19.6. The molecule has 46 heavy (non-hydrogen) atoms. The van der Waals surface area contributed by atoms with Gasteiger partial charge >= 0.3 is 0 Å². The summed E-state index contributed by atoms with van der Waals surface area (Å²) in [4.78, 5) is 0. The van der Waals surface area contributed by atoms with Gasteiger partial charge in [-0.1, -0.05) is 76.9 Å². The molecule has 0 amide bonds. The third-order valence-corrected chi connectivity index (χ3v) is 12.2. The third-order valence-electron chi connectivity index (χ3n) is 12.2. The first-order valence-electron chi connectivity index (χ1n) is 17.6. The largest absolute Gasteiger partial charge is 0.221 e. The maximum atomic E-state index is 16.5. The number of aromatic nitrogens is 2. The zero-order chi connectivity index (χ0) is 32.1. The van der Waals surface area contributed by atoms with Crippen LogP contribution >= 0.6 is 0 Å². The number of aryl methyl sites for hydroxylation is 3. The first-order chi connectivity index (χ1) is 22.2. The highest BCUT2D eigenvalue weighted by molar-refractivity contribution is 6.02. The lowest BCUT2D eigenvalue weighted by atomic mass is 9.60. The molecule has 5 aromatic rings. The van der Waals surface area contributed by atoms with E-state index in [1.165, 1.54) is 73.9 Å². The van der Waals surface area contributed by atoms with E-state index < -0.39 is 5.41 Å². The van der Waals surface area contributed by atoms with Crippen LogP contribution in [0.15, 0.2) is 73.1 Å². The summed E-state index contributed by atoms with van der Waals surface area (Å²) in [6.45, 7) is 15.9. The number of hydrogen-bond donors (Lipinski definition) is 0. The molecule has 0 spiro atoms. The first kappa shape index (κ1) is 29.5. The number of fused-ring (bicyclic) bond motifs is 3. The molecular formula is C43H47FN2+2. The van der Waals surface area contributed by atoms with Crippen molar-refractivity contribution in [3.8, 4) is 22.5 Å². The summed E-state index contributed by atoms with van der Waals surface area (Å²) in [5.41, 5.74) is 13.3. The predicted molar refractivity (Wildman–Crippen MR) is 186 cm³/mol. The van der Waals surface area contributed by atoms with Gasteiger partial charge in [0.25, 0.3) is 0 Å². The van der Waals surface area contributed by atoms with Gasteiger partial charge in [-0.15, -0.1) is 0 Å². The molecule has 2 atom stereocenters. The maximum Gasteiger partial charge on any atom is 0.221 e. The van der Waals surface area contributed by atoms with Crippen LogP contribution in [0.4, 0.5) is 4.39 Å². The van der Waals surface area contributed by atoms with Crippen molar-refractivity contribution in [3.05, 3.63) is 118 Å². The molecule has 3 heteroatoms. The van der Waals surface area contributed by atoms with Crippen molar-refractivity contribution in [3.63, 3.8) is 0 Å². The number of unbranched alkanes of at least 4 members (excludes halogenated alkanes) is 1. The van der Waals surface area contributed by atoms with Crippen molar-refractivity contribution in [2.75, 3.05) is 0 Å². The average molecular weight is 611 g/mol. The van der Waals surface area contributed by atoms with Crippen LogP contribution in [0.1, 0.15) is 111 Å². The van der Waals surface area contributed by atoms with Gasteiger partial charge in [0.15, 0.2) is 24.0 Å². The van der Waals surface area contributed by atoms with Crippen molar-refractivity contribution in [2.45, 2.75) is 110 Å². The molecule has 234 valence electrons. The van der Waals surface area contributed by atoms with Gasteiger partial charge in [-0.3, -0.25) is 0 Å². The van der Waals surface area contributed by atoms with Gasteiger partial charge in [-0.05, 0) is 72.0 Å². The molecule has 2 aromatic heterocycles. The van der Waals surface area contributed by atoms with Gasteiger partial charge in [-0.2, -0.15) is 9.13 Å². The van der Waals surface area contributed by atoms with Crippen LogP contribution < -0.4 is 9.13 Å². The van der Waals surface area contributed by atoms with E-state index in [-0.39, 0.29) is 23.3 Å². The third kappa shape index (κ3) is 3.81. The minimum Gasteiger partial charge on any atom is -0.207 e. The van der Waals surface area contributed by atoms with Crippen LogP contribution in [-0.4, -0.2) is 0 Å². The molecule has 3 aliphatic rings. The van der Waals surface area contributed by atoms with Gasteiger partial charge in [0.2, 0.25) is 11.4 Å².